The molecule has 0 radical (unpaired) electrons. The average molecular weight is 426 g/mol. The highest BCUT2D eigenvalue weighted by molar-refractivity contribution is 6.32. The number of methoxy groups -OCH3 is 1. The molecule has 0 fully saturated rings. The van der Waals surface area contributed by atoms with E-state index in [9.17, 15) is 4.79 Å². The number of carbonyl (C=O) groups excluding carboxylic acids is 1. The van der Waals surface area contributed by atoms with Gasteiger partial charge in [0.05, 0.1) is 18.7 Å². The minimum Gasteiger partial charge on any atom is -0.496 e. The second kappa shape index (κ2) is 10.6. The van der Waals surface area contributed by atoms with Crippen LogP contribution in [0, 0.1) is 0 Å². The van der Waals surface area contributed by atoms with Gasteiger partial charge in [-0.15, -0.1) is 0 Å². The Hall–Kier alpha value is -3.18. The fourth-order valence-electron chi connectivity index (χ4n) is 2.97. The van der Waals surface area contributed by atoms with Crippen LogP contribution >= 0.6 is 11.6 Å². The van der Waals surface area contributed by atoms with Crippen molar-refractivity contribution in [1.29, 1.82) is 0 Å². The topological polar surface area (TPSA) is 56.8 Å². The Morgan fingerprint density at radius 1 is 0.900 bits per heavy atom. The van der Waals surface area contributed by atoms with Crippen LogP contribution in [0.5, 0.6) is 17.2 Å². The molecule has 3 rings (SSSR count). The van der Waals surface area contributed by atoms with Crippen molar-refractivity contribution in [2.75, 3.05) is 13.7 Å². The molecule has 0 aromatic heterocycles. The smallest absolute Gasteiger partial charge is 0.251 e. The van der Waals surface area contributed by atoms with E-state index in [4.69, 9.17) is 25.8 Å². The quantitative estimate of drug-likeness (QED) is 0.508. The minimum atomic E-state index is -0.192. The molecule has 0 aliphatic carbocycles. The standard InChI is InChI=1S/C24H24ClNO4/c1-3-29-22-13-12-17(14-19(22)16-30-23-11-7-5-9-20(23)25)24(27)26-15-18-8-4-6-10-21(18)28-2/h4-14H,3,15-16H2,1-2H3,(H,26,27). The van der Waals surface area contributed by atoms with Gasteiger partial charge in [-0.05, 0) is 43.3 Å². The van der Waals surface area contributed by atoms with E-state index in [2.05, 4.69) is 5.32 Å². The second-order valence-corrected chi connectivity index (χ2v) is 6.88. The fourth-order valence-corrected chi connectivity index (χ4v) is 3.16. The molecule has 0 heterocycles. The molecule has 3 aromatic rings. The second-order valence-electron chi connectivity index (χ2n) is 6.47. The van der Waals surface area contributed by atoms with Crippen molar-refractivity contribution < 1.29 is 19.0 Å². The molecule has 1 N–H and O–H groups in total. The highest BCUT2D eigenvalue weighted by atomic mass is 35.5. The first-order valence-corrected chi connectivity index (χ1v) is 10.0. The highest BCUT2D eigenvalue weighted by Gasteiger charge is 2.13. The zero-order valence-electron chi connectivity index (χ0n) is 17.0. The molecule has 0 unspecified atom stereocenters. The molecule has 3 aromatic carbocycles. The summed E-state index contributed by atoms with van der Waals surface area (Å²) < 4.78 is 16.9. The van der Waals surface area contributed by atoms with E-state index >= 15 is 0 Å². The minimum absolute atomic E-state index is 0.192. The predicted molar refractivity (Wildman–Crippen MR) is 118 cm³/mol. The maximum Gasteiger partial charge on any atom is 0.251 e. The number of halogens is 1. The van der Waals surface area contributed by atoms with Gasteiger partial charge in [0.2, 0.25) is 0 Å². The number of rotatable bonds is 9. The van der Waals surface area contributed by atoms with Gasteiger partial charge in [-0.2, -0.15) is 0 Å². The summed E-state index contributed by atoms with van der Waals surface area (Å²) in [6.45, 7) is 3.01. The van der Waals surface area contributed by atoms with Crippen molar-refractivity contribution in [2.45, 2.75) is 20.1 Å². The SMILES string of the molecule is CCOc1ccc(C(=O)NCc2ccccc2OC)cc1COc1ccccc1Cl. The third-order valence-corrected chi connectivity index (χ3v) is 4.79. The monoisotopic (exact) mass is 425 g/mol. The van der Waals surface area contributed by atoms with Crippen molar-refractivity contribution in [1.82, 2.24) is 5.32 Å². The number of hydrogen-bond acceptors (Lipinski definition) is 4. The summed E-state index contributed by atoms with van der Waals surface area (Å²) in [5, 5.41) is 3.46. The fraction of sp³-hybridized carbons (Fsp3) is 0.208. The Bertz CT molecular complexity index is 1010. The van der Waals surface area contributed by atoms with Crippen molar-refractivity contribution in [2.24, 2.45) is 0 Å². The molecule has 30 heavy (non-hydrogen) atoms. The van der Waals surface area contributed by atoms with Gasteiger partial charge in [0.15, 0.2) is 0 Å². The lowest BCUT2D eigenvalue weighted by atomic mass is 10.1. The Balaban J connectivity index is 1.74. The van der Waals surface area contributed by atoms with E-state index in [0.717, 1.165) is 16.9 Å². The zero-order valence-corrected chi connectivity index (χ0v) is 17.7. The summed E-state index contributed by atoms with van der Waals surface area (Å²) in [4.78, 5) is 12.7. The molecule has 1 amide bonds. The molecule has 0 bridgehead atoms. The van der Waals surface area contributed by atoms with Gasteiger partial charge in [0.25, 0.3) is 5.91 Å². The molecule has 0 saturated carbocycles. The third-order valence-electron chi connectivity index (χ3n) is 4.47. The average Bonchev–Trinajstić information content (AvgIpc) is 2.78. The lowest BCUT2D eigenvalue weighted by molar-refractivity contribution is 0.0950. The summed E-state index contributed by atoms with van der Waals surface area (Å²) in [6.07, 6.45) is 0. The van der Waals surface area contributed by atoms with Gasteiger partial charge < -0.3 is 19.5 Å². The maximum atomic E-state index is 12.7. The summed E-state index contributed by atoms with van der Waals surface area (Å²) in [6, 6.07) is 20.1. The Labute approximate surface area is 181 Å². The van der Waals surface area contributed by atoms with Crippen LogP contribution in [0.4, 0.5) is 0 Å². The van der Waals surface area contributed by atoms with Gasteiger partial charge in [-0.25, -0.2) is 0 Å². The first kappa shape index (κ1) is 21.5. The van der Waals surface area contributed by atoms with Crippen molar-refractivity contribution in [3.8, 4) is 17.2 Å². The lowest BCUT2D eigenvalue weighted by Crippen LogP contribution is -2.23. The van der Waals surface area contributed by atoms with Crippen LogP contribution in [0.3, 0.4) is 0 Å². The van der Waals surface area contributed by atoms with Crippen LogP contribution in [-0.4, -0.2) is 19.6 Å². The summed E-state index contributed by atoms with van der Waals surface area (Å²) in [7, 11) is 1.61. The van der Waals surface area contributed by atoms with E-state index in [1.165, 1.54) is 0 Å². The highest BCUT2D eigenvalue weighted by Crippen LogP contribution is 2.27. The maximum absolute atomic E-state index is 12.7. The van der Waals surface area contributed by atoms with E-state index in [0.29, 0.717) is 35.2 Å². The number of para-hydroxylation sites is 2. The van der Waals surface area contributed by atoms with Crippen LogP contribution in [0.25, 0.3) is 0 Å². The lowest BCUT2D eigenvalue weighted by Gasteiger charge is -2.14. The normalized spacial score (nSPS) is 10.4. The van der Waals surface area contributed by atoms with Gasteiger partial charge in [-0.3, -0.25) is 4.79 Å². The van der Waals surface area contributed by atoms with E-state index < -0.39 is 0 Å². The van der Waals surface area contributed by atoms with Crippen LogP contribution in [0.1, 0.15) is 28.4 Å². The number of ether oxygens (including phenoxy) is 3. The first-order valence-electron chi connectivity index (χ1n) is 9.65. The first-order chi connectivity index (χ1) is 14.6. The van der Waals surface area contributed by atoms with E-state index in [1.54, 1.807) is 37.4 Å². The number of nitrogens with one attached hydrogen (secondary N) is 1. The van der Waals surface area contributed by atoms with Crippen LogP contribution < -0.4 is 19.5 Å². The van der Waals surface area contributed by atoms with Gasteiger partial charge >= 0.3 is 0 Å². The largest absolute Gasteiger partial charge is 0.496 e. The third kappa shape index (κ3) is 5.45. The van der Waals surface area contributed by atoms with Gasteiger partial charge in [-0.1, -0.05) is 41.9 Å². The summed E-state index contributed by atoms with van der Waals surface area (Å²) in [5.41, 5.74) is 2.19. The Kier molecular flexibility index (Phi) is 7.57. The number of carbonyl (C=O) groups is 1. The van der Waals surface area contributed by atoms with Crippen LogP contribution in [0.15, 0.2) is 66.7 Å². The molecular formula is C24H24ClNO4. The molecule has 156 valence electrons. The number of hydrogen-bond donors (Lipinski definition) is 1. The molecule has 5 nitrogen and oxygen atoms in total. The number of benzene rings is 3. The zero-order chi connectivity index (χ0) is 21.3. The van der Waals surface area contributed by atoms with E-state index in [-0.39, 0.29) is 12.5 Å². The van der Waals surface area contributed by atoms with Crippen molar-refractivity contribution in [3.63, 3.8) is 0 Å². The summed E-state index contributed by atoms with van der Waals surface area (Å²) >= 11 is 6.17. The molecular weight excluding hydrogens is 402 g/mol. The molecule has 0 saturated heterocycles. The van der Waals surface area contributed by atoms with Crippen molar-refractivity contribution >= 4 is 17.5 Å². The molecule has 6 heteroatoms. The summed E-state index contributed by atoms with van der Waals surface area (Å²) in [5.74, 6) is 1.79. The van der Waals surface area contributed by atoms with Crippen LogP contribution in [0.2, 0.25) is 5.02 Å². The molecule has 0 atom stereocenters. The number of amides is 1. The van der Waals surface area contributed by atoms with Crippen LogP contribution in [-0.2, 0) is 13.2 Å². The van der Waals surface area contributed by atoms with Crippen molar-refractivity contribution in [3.05, 3.63) is 88.4 Å². The Morgan fingerprint density at radius 2 is 1.63 bits per heavy atom. The van der Waals surface area contributed by atoms with Gasteiger partial charge in [0.1, 0.15) is 23.9 Å². The Morgan fingerprint density at radius 3 is 2.37 bits per heavy atom. The predicted octanol–water partition coefficient (Wildman–Crippen LogP) is 5.26. The van der Waals surface area contributed by atoms with Gasteiger partial charge in [0, 0.05) is 23.2 Å². The van der Waals surface area contributed by atoms with E-state index in [1.807, 2.05) is 43.3 Å². The molecule has 0 spiro atoms. The molecule has 0 aliphatic rings. The molecule has 0 aliphatic heterocycles.